The molecule has 0 aliphatic heterocycles. The largest absolute Gasteiger partial charge is 0.371 e. The number of rotatable bonds is 4. The molecule has 4 heteroatoms. The Kier molecular flexibility index (Phi) is 4.04. The van der Waals surface area contributed by atoms with E-state index in [4.69, 9.17) is 5.84 Å². The van der Waals surface area contributed by atoms with Crippen LogP contribution in [0.25, 0.3) is 21.7 Å². The number of nitrogens with one attached hydrogen (secondary N) is 2. The molecule has 2 aliphatic carbocycles. The van der Waals surface area contributed by atoms with Crippen molar-refractivity contribution in [3.8, 4) is 0 Å². The van der Waals surface area contributed by atoms with Crippen molar-refractivity contribution in [3.05, 3.63) is 52.4 Å². The quantitative estimate of drug-likeness (QED) is 0.443. The molecule has 0 bridgehead atoms. The van der Waals surface area contributed by atoms with E-state index >= 15 is 0 Å². The van der Waals surface area contributed by atoms with Crippen LogP contribution in [0, 0.1) is 0 Å². The topological polar surface area (TPSA) is 50.1 Å². The van der Waals surface area contributed by atoms with Crippen LogP contribution in [0.15, 0.2) is 36.4 Å². The van der Waals surface area contributed by atoms with E-state index in [1.54, 1.807) is 0 Å². The average molecular weight is 323 g/mol. The number of nitrogens with two attached hydrogens (primary N) is 1. The number of hydrazine groups is 1. The van der Waals surface area contributed by atoms with Gasteiger partial charge >= 0.3 is 0 Å². The highest BCUT2D eigenvalue weighted by atomic mass is 32.1. The van der Waals surface area contributed by atoms with Gasteiger partial charge in [0.15, 0.2) is 0 Å². The Labute approximate surface area is 140 Å². The van der Waals surface area contributed by atoms with Crippen molar-refractivity contribution in [1.82, 2.24) is 5.43 Å². The molecule has 1 heterocycles. The smallest absolute Gasteiger partial charge is 0.0781 e. The summed E-state index contributed by atoms with van der Waals surface area (Å²) in [5.41, 5.74) is 7.81. The number of aryl methyl sites for hydroxylation is 1. The maximum Gasteiger partial charge on any atom is 0.0781 e. The highest BCUT2D eigenvalue weighted by Crippen LogP contribution is 2.40. The predicted octanol–water partition coefficient (Wildman–Crippen LogP) is 4.43. The first-order valence-corrected chi connectivity index (χ1v) is 8.99. The lowest BCUT2D eigenvalue weighted by Crippen LogP contribution is -2.28. The molecular weight excluding hydrogens is 302 g/mol. The van der Waals surface area contributed by atoms with Gasteiger partial charge in [-0.2, -0.15) is 0 Å². The minimum atomic E-state index is 0.553. The predicted molar refractivity (Wildman–Crippen MR) is 101 cm³/mol. The zero-order valence-corrected chi connectivity index (χ0v) is 13.9. The maximum absolute atomic E-state index is 5.46. The van der Waals surface area contributed by atoms with E-state index in [9.17, 15) is 0 Å². The van der Waals surface area contributed by atoms with E-state index in [1.165, 1.54) is 31.7 Å². The normalized spacial score (nSPS) is 16.5. The molecule has 23 heavy (non-hydrogen) atoms. The van der Waals surface area contributed by atoms with E-state index in [-0.39, 0.29) is 0 Å². The van der Waals surface area contributed by atoms with Crippen LogP contribution >= 0.6 is 11.3 Å². The number of hydrogen-bond acceptors (Lipinski definition) is 4. The van der Waals surface area contributed by atoms with Crippen LogP contribution in [-0.2, 0) is 6.42 Å². The van der Waals surface area contributed by atoms with E-state index in [2.05, 4.69) is 53.3 Å². The zero-order valence-electron chi connectivity index (χ0n) is 13.1. The molecule has 0 saturated carbocycles. The fraction of sp³-hybridized carbons (Fsp3) is 0.263. The molecule has 0 unspecified atom stereocenters. The molecule has 118 valence electrons. The number of thiophene rings is 1. The van der Waals surface area contributed by atoms with Gasteiger partial charge in [-0.3, -0.25) is 5.84 Å². The van der Waals surface area contributed by atoms with E-state index in [0.29, 0.717) is 6.67 Å². The van der Waals surface area contributed by atoms with Crippen molar-refractivity contribution in [1.29, 1.82) is 0 Å². The summed E-state index contributed by atoms with van der Waals surface area (Å²) in [6, 6.07) is 4.63. The van der Waals surface area contributed by atoms with Crippen molar-refractivity contribution < 1.29 is 0 Å². The third-order valence-electron chi connectivity index (χ3n) is 4.45. The summed E-state index contributed by atoms with van der Waals surface area (Å²) in [7, 11) is 0. The van der Waals surface area contributed by atoms with Crippen molar-refractivity contribution >= 4 is 38.8 Å². The number of hydrogen-bond donors (Lipinski definition) is 3. The minimum Gasteiger partial charge on any atom is -0.371 e. The molecule has 3 nitrogen and oxygen atoms in total. The number of allylic oxidation sites excluding steroid dienone is 5. The van der Waals surface area contributed by atoms with Crippen LogP contribution in [0.3, 0.4) is 0 Å². The second-order valence-electron chi connectivity index (χ2n) is 5.97. The van der Waals surface area contributed by atoms with Gasteiger partial charge in [0.25, 0.3) is 0 Å². The lowest BCUT2D eigenvalue weighted by atomic mass is 9.95. The molecule has 0 radical (unpaired) electrons. The Hall–Kier alpha value is -1.88. The fourth-order valence-corrected chi connectivity index (χ4v) is 4.57. The molecule has 0 spiro atoms. The molecule has 0 amide bonds. The summed E-state index contributed by atoms with van der Waals surface area (Å²) >= 11 is 1.94. The Morgan fingerprint density at radius 3 is 2.83 bits per heavy atom. The average Bonchev–Trinajstić information content (AvgIpc) is 2.97. The Morgan fingerprint density at radius 2 is 2.00 bits per heavy atom. The van der Waals surface area contributed by atoms with E-state index in [0.717, 1.165) is 31.4 Å². The standard InChI is InChI=1S/C19H21N3S/c20-22-12-21-17-10-16-14-8-4-5-9-18(14)23-19(16)11-15(17)13-6-2-1-3-7-13/h2,4,6-8,10-11,21-22H,1,3,5,9,12,20H2. The van der Waals surface area contributed by atoms with Crippen molar-refractivity contribution in [3.63, 3.8) is 0 Å². The summed E-state index contributed by atoms with van der Waals surface area (Å²) in [4.78, 5) is 1.51. The molecule has 0 atom stereocenters. The molecule has 0 saturated heterocycles. The summed E-state index contributed by atoms with van der Waals surface area (Å²) in [6.07, 6.45) is 15.9. The van der Waals surface area contributed by atoms with Gasteiger partial charge in [0.1, 0.15) is 0 Å². The van der Waals surface area contributed by atoms with Gasteiger partial charge in [-0.25, -0.2) is 5.43 Å². The van der Waals surface area contributed by atoms with Crippen LogP contribution < -0.4 is 16.6 Å². The second kappa shape index (κ2) is 6.32. The van der Waals surface area contributed by atoms with E-state index < -0.39 is 0 Å². The molecule has 2 aliphatic rings. The first-order valence-electron chi connectivity index (χ1n) is 8.17. The molecule has 2 aromatic rings. The lowest BCUT2D eigenvalue weighted by molar-refractivity contribution is 0.790. The van der Waals surface area contributed by atoms with Crippen molar-refractivity contribution in [2.24, 2.45) is 5.84 Å². The Balaban J connectivity index is 1.88. The molecule has 4 rings (SSSR count). The highest BCUT2D eigenvalue weighted by molar-refractivity contribution is 7.19. The monoisotopic (exact) mass is 323 g/mol. The van der Waals surface area contributed by atoms with Crippen molar-refractivity contribution in [2.45, 2.75) is 25.7 Å². The van der Waals surface area contributed by atoms with Gasteiger partial charge in [-0.15, -0.1) is 11.3 Å². The van der Waals surface area contributed by atoms with Crippen LogP contribution in [0.4, 0.5) is 5.69 Å². The molecule has 1 aromatic carbocycles. The van der Waals surface area contributed by atoms with Crippen LogP contribution in [-0.4, -0.2) is 6.67 Å². The Bertz CT molecular complexity index is 827. The lowest BCUT2D eigenvalue weighted by Gasteiger charge is -2.15. The summed E-state index contributed by atoms with van der Waals surface area (Å²) in [5, 5.41) is 4.77. The number of anilines is 1. The van der Waals surface area contributed by atoms with Gasteiger partial charge in [0.05, 0.1) is 6.67 Å². The first kappa shape index (κ1) is 14.7. The maximum atomic E-state index is 5.46. The van der Waals surface area contributed by atoms with Crippen LogP contribution in [0.1, 0.15) is 35.3 Å². The zero-order chi connectivity index (χ0) is 15.6. The van der Waals surface area contributed by atoms with Gasteiger partial charge in [-0.1, -0.05) is 30.4 Å². The SMILES string of the molecule is NNCNc1cc2c3c(sc2cc1C1=CCCC=C1)CCC=C3. The minimum absolute atomic E-state index is 0.553. The first-order chi connectivity index (χ1) is 11.4. The van der Waals surface area contributed by atoms with Gasteiger partial charge in [-0.05, 0) is 49.0 Å². The third kappa shape index (κ3) is 2.74. The van der Waals surface area contributed by atoms with Crippen LogP contribution in [0.5, 0.6) is 0 Å². The summed E-state index contributed by atoms with van der Waals surface area (Å²) in [5.74, 6) is 5.46. The van der Waals surface area contributed by atoms with Gasteiger partial charge < -0.3 is 5.32 Å². The van der Waals surface area contributed by atoms with Gasteiger partial charge in [0.2, 0.25) is 0 Å². The Morgan fingerprint density at radius 1 is 1.09 bits per heavy atom. The molecule has 0 fully saturated rings. The molecule has 4 N–H and O–H groups in total. The molecule has 1 aromatic heterocycles. The fourth-order valence-electron chi connectivity index (χ4n) is 3.34. The number of benzene rings is 1. The van der Waals surface area contributed by atoms with Crippen LogP contribution in [0.2, 0.25) is 0 Å². The highest BCUT2D eigenvalue weighted by Gasteiger charge is 2.16. The third-order valence-corrected chi connectivity index (χ3v) is 5.68. The van der Waals surface area contributed by atoms with Crippen molar-refractivity contribution in [2.75, 3.05) is 12.0 Å². The van der Waals surface area contributed by atoms with Gasteiger partial charge in [0, 0.05) is 26.2 Å². The number of fused-ring (bicyclic) bond motifs is 3. The molecular formula is C19H21N3S. The second-order valence-corrected chi connectivity index (χ2v) is 7.11. The summed E-state index contributed by atoms with van der Waals surface area (Å²) in [6.45, 7) is 0.553. The van der Waals surface area contributed by atoms with E-state index in [1.807, 2.05) is 11.3 Å². The summed E-state index contributed by atoms with van der Waals surface area (Å²) < 4.78 is 1.38.